The molecule has 0 saturated heterocycles. The average molecular weight is 303 g/mol. The monoisotopic (exact) mass is 303 g/mol. The Labute approximate surface area is 132 Å². The quantitative estimate of drug-likeness (QED) is 0.698. The molecule has 0 saturated carbocycles. The van der Waals surface area contributed by atoms with E-state index < -0.39 is 0 Å². The highest BCUT2D eigenvalue weighted by Gasteiger charge is 2.20. The molecule has 0 aliphatic carbocycles. The second-order valence-corrected chi connectivity index (χ2v) is 7.22. The van der Waals surface area contributed by atoms with Crippen molar-refractivity contribution in [3.8, 4) is 0 Å². The molecule has 0 aliphatic heterocycles. The van der Waals surface area contributed by atoms with Crippen LogP contribution in [0.1, 0.15) is 61.8 Å². The molecular weight excluding hydrogens is 266 g/mol. The van der Waals surface area contributed by atoms with Gasteiger partial charge in [0.2, 0.25) is 0 Å². The first-order valence-corrected chi connectivity index (χ1v) is 7.98. The van der Waals surface area contributed by atoms with Gasteiger partial charge in [0.15, 0.2) is 5.78 Å². The Morgan fingerprint density at radius 1 is 0.905 bits per heavy atom. The summed E-state index contributed by atoms with van der Waals surface area (Å²) in [6, 6.07) is 0. The topological polar surface area (TPSA) is 47.6 Å². The van der Waals surface area contributed by atoms with Gasteiger partial charge in [0, 0.05) is 17.5 Å². The Morgan fingerprint density at radius 3 is 1.81 bits per heavy atom. The van der Waals surface area contributed by atoms with E-state index in [1.807, 2.05) is 20.8 Å². The van der Waals surface area contributed by atoms with Crippen molar-refractivity contribution in [3.05, 3.63) is 0 Å². The summed E-state index contributed by atoms with van der Waals surface area (Å²) in [6.07, 6.45) is 1.25. The number of rotatable bonds is 8. The molecule has 0 radical (unpaired) electrons. The summed E-state index contributed by atoms with van der Waals surface area (Å²) < 4.78 is 10.7. The van der Waals surface area contributed by atoms with Crippen molar-refractivity contribution in [2.45, 2.75) is 67.3 Å². The first-order chi connectivity index (χ1) is 9.54. The van der Waals surface area contributed by atoms with E-state index in [0.29, 0.717) is 19.8 Å². The van der Waals surface area contributed by atoms with Crippen LogP contribution in [-0.2, 0) is 14.3 Å². The molecule has 0 aromatic carbocycles. The molecule has 0 amide bonds. The summed E-state index contributed by atoms with van der Waals surface area (Å²) >= 11 is 0. The van der Waals surface area contributed by atoms with Crippen LogP contribution in [0, 0.1) is 5.41 Å². The summed E-state index contributed by atoms with van der Waals surface area (Å²) in [7, 11) is 0. The number of hydrogen-bond acceptors (Lipinski definition) is 4. The predicted octanol–water partition coefficient (Wildman–Crippen LogP) is 3.44. The molecule has 0 spiro atoms. The van der Waals surface area contributed by atoms with Crippen LogP contribution in [0.25, 0.3) is 0 Å². The molecule has 0 rings (SSSR count). The first-order valence-electron chi connectivity index (χ1n) is 7.98. The van der Waals surface area contributed by atoms with Crippen molar-refractivity contribution < 1.29 is 14.3 Å². The number of ether oxygens (including phenoxy) is 2. The normalized spacial score (nSPS) is 11.8. The Kier molecular flexibility index (Phi) is 13.2. The standard InChI is InChI=1S/C14H29NO3.C3H8/c1-13(2,3)12(16)11-18-10-9-17-8-7-15-14(4,5)6;1-3-2/h15H,7-11H2,1-6H3;3H2,1-2H3. The number of ketones is 1. The minimum atomic E-state index is -0.322. The van der Waals surface area contributed by atoms with Crippen LogP contribution in [0.2, 0.25) is 0 Å². The smallest absolute Gasteiger partial charge is 0.163 e. The fourth-order valence-electron chi connectivity index (χ4n) is 1.10. The molecule has 0 bridgehead atoms. The molecule has 4 nitrogen and oxygen atoms in total. The lowest BCUT2D eigenvalue weighted by atomic mass is 9.91. The number of carbonyl (C=O) groups excluding carboxylic acids is 1. The molecule has 0 aromatic heterocycles. The maximum absolute atomic E-state index is 11.5. The highest BCUT2D eigenvalue weighted by molar-refractivity contribution is 5.84. The van der Waals surface area contributed by atoms with Crippen molar-refractivity contribution in [2.75, 3.05) is 33.0 Å². The van der Waals surface area contributed by atoms with Gasteiger partial charge in [0.25, 0.3) is 0 Å². The summed E-state index contributed by atoms with van der Waals surface area (Å²) in [5.74, 6) is 0.122. The third kappa shape index (κ3) is 19.6. The van der Waals surface area contributed by atoms with E-state index in [9.17, 15) is 4.79 Å². The van der Waals surface area contributed by atoms with E-state index in [1.54, 1.807) is 0 Å². The zero-order valence-corrected chi connectivity index (χ0v) is 15.5. The van der Waals surface area contributed by atoms with Crippen LogP contribution in [0.4, 0.5) is 0 Å². The fraction of sp³-hybridized carbons (Fsp3) is 0.941. The lowest BCUT2D eigenvalue weighted by molar-refractivity contribution is -0.131. The van der Waals surface area contributed by atoms with Crippen molar-refractivity contribution in [3.63, 3.8) is 0 Å². The fourth-order valence-corrected chi connectivity index (χ4v) is 1.10. The van der Waals surface area contributed by atoms with Crippen LogP contribution in [0.5, 0.6) is 0 Å². The summed E-state index contributed by atoms with van der Waals surface area (Å²) in [6.45, 7) is 19.0. The molecule has 0 aliphatic rings. The molecule has 21 heavy (non-hydrogen) atoms. The largest absolute Gasteiger partial charge is 0.378 e. The Bertz CT molecular complexity index is 252. The van der Waals surface area contributed by atoms with Gasteiger partial charge in [-0.3, -0.25) is 4.79 Å². The number of nitrogens with one attached hydrogen (secondary N) is 1. The van der Waals surface area contributed by atoms with Gasteiger partial charge >= 0.3 is 0 Å². The van der Waals surface area contributed by atoms with Gasteiger partial charge in [-0.1, -0.05) is 41.0 Å². The summed E-state index contributed by atoms with van der Waals surface area (Å²) in [4.78, 5) is 11.5. The van der Waals surface area contributed by atoms with Crippen molar-refractivity contribution in [1.29, 1.82) is 0 Å². The van der Waals surface area contributed by atoms with Gasteiger partial charge in [-0.25, -0.2) is 0 Å². The van der Waals surface area contributed by atoms with Crippen LogP contribution in [0.15, 0.2) is 0 Å². The highest BCUT2D eigenvalue weighted by atomic mass is 16.5. The van der Waals surface area contributed by atoms with E-state index in [4.69, 9.17) is 9.47 Å². The lowest BCUT2D eigenvalue weighted by Crippen LogP contribution is -2.38. The molecule has 1 N–H and O–H groups in total. The van der Waals surface area contributed by atoms with Crippen LogP contribution >= 0.6 is 0 Å². The maximum atomic E-state index is 11.5. The second kappa shape index (κ2) is 12.1. The second-order valence-electron chi connectivity index (χ2n) is 7.22. The summed E-state index contributed by atoms with van der Waals surface area (Å²) in [5.41, 5.74) is -0.198. The molecule has 128 valence electrons. The Hall–Kier alpha value is -0.450. The molecule has 0 heterocycles. The van der Waals surface area contributed by atoms with Gasteiger partial charge in [-0.05, 0) is 20.8 Å². The number of Topliss-reactive ketones (excluding diaryl/α,β-unsaturated/α-hetero) is 1. The first kappa shape index (κ1) is 22.8. The Morgan fingerprint density at radius 2 is 1.38 bits per heavy atom. The van der Waals surface area contributed by atoms with E-state index in [-0.39, 0.29) is 23.3 Å². The number of carbonyl (C=O) groups is 1. The molecule has 0 atom stereocenters. The summed E-state index contributed by atoms with van der Waals surface area (Å²) in [5, 5.41) is 3.33. The van der Waals surface area contributed by atoms with Crippen molar-refractivity contribution >= 4 is 5.78 Å². The minimum Gasteiger partial charge on any atom is -0.378 e. The van der Waals surface area contributed by atoms with Crippen LogP contribution < -0.4 is 5.32 Å². The number of hydrogen-bond donors (Lipinski definition) is 1. The molecule has 0 unspecified atom stereocenters. The van der Waals surface area contributed by atoms with E-state index in [0.717, 1.165) is 6.54 Å². The van der Waals surface area contributed by atoms with Crippen molar-refractivity contribution in [1.82, 2.24) is 5.32 Å². The molecule has 4 heteroatoms. The van der Waals surface area contributed by atoms with E-state index >= 15 is 0 Å². The SMILES string of the molecule is CC(C)(C)NCCOCCOCC(=O)C(C)(C)C.CCC. The predicted molar refractivity (Wildman–Crippen MR) is 89.8 cm³/mol. The Balaban J connectivity index is 0. The lowest BCUT2D eigenvalue weighted by Gasteiger charge is -2.20. The zero-order valence-electron chi connectivity index (χ0n) is 15.5. The van der Waals surface area contributed by atoms with Crippen molar-refractivity contribution in [2.24, 2.45) is 5.41 Å². The van der Waals surface area contributed by atoms with Crippen LogP contribution in [-0.4, -0.2) is 44.3 Å². The molecule has 0 fully saturated rings. The van der Waals surface area contributed by atoms with E-state index in [2.05, 4.69) is 39.9 Å². The van der Waals surface area contributed by atoms with Gasteiger partial charge < -0.3 is 14.8 Å². The third-order valence-corrected chi connectivity index (χ3v) is 2.34. The molecular formula is C17H37NO3. The zero-order chi connectivity index (χ0) is 16.9. The molecule has 0 aromatic rings. The maximum Gasteiger partial charge on any atom is 0.163 e. The van der Waals surface area contributed by atoms with Crippen LogP contribution in [0.3, 0.4) is 0 Å². The van der Waals surface area contributed by atoms with Gasteiger partial charge in [-0.15, -0.1) is 0 Å². The van der Waals surface area contributed by atoms with E-state index in [1.165, 1.54) is 6.42 Å². The van der Waals surface area contributed by atoms with Gasteiger partial charge in [-0.2, -0.15) is 0 Å². The van der Waals surface area contributed by atoms with Gasteiger partial charge in [0.05, 0.1) is 19.8 Å². The third-order valence-electron chi connectivity index (χ3n) is 2.34. The van der Waals surface area contributed by atoms with Gasteiger partial charge in [0.1, 0.15) is 6.61 Å². The average Bonchev–Trinajstić information content (AvgIpc) is 2.30. The highest BCUT2D eigenvalue weighted by Crippen LogP contribution is 2.14. The minimum absolute atomic E-state index is 0.122.